The smallest absolute Gasteiger partial charge is 0.401 e. The summed E-state index contributed by atoms with van der Waals surface area (Å²) in [6, 6.07) is 2.03. The van der Waals surface area contributed by atoms with Crippen LogP contribution in [0.1, 0.15) is 44.0 Å². The van der Waals surface area contributed by atoms with Crippen LogP contribution in [-0.2, 0) is 12.3 Å². The van der Waals surface area contributed by atoms with E-state index in [-0.39, 0.29) is 31.1 Å². The lowest BCUT2D eigenvalue weighted by atomic mass is 10.5. The van der Waals surface area contributed by atoms with Crippen molar-refractivity contribution < 1.29 is 13.8 Å². The van der Waals surface area contributed by atoms with E-state index in [1.807, 2.05) is 6.55 Å². The predicted molar refractivity (Wildman–Crippen MR) is 142 cm³/mol. The molecule has 176 valence electrons. The van der Waals surface area contributed by atoms with Crippen LogP contribution in [0.3, 0.4) is 0 Å². The first kappa shape index (κ1) is 38.8. The number of terminal acetylenes is 1. The molecule has 1 atom stereocenters. The largest absolute Gasteiger partial charge is 0.436 e. The summed E-state index contributed by atoms with van der Waals surface area (Å²) in [6.07, 6.45) is 7.77. The van der Waals surface area contributed by atoms with Gasteiger partial charge >= 0.3 is 17.1 Å². The minimum Gasteiger partial charge on any atom is -0.436 e. The SMILES string of the molecule is C.C.C.C.C#C[Si](C)(O[Si](C)(C)CCCN)O[Si](C)(C)O[Si](C)(C)CCCN.[HH]. The molecule has 0 aromatic heterocycles. The van der Waals surface area contributed by atoms with E-state index in [1.165, 1.54) is 0 Å². The summed E-state index contributed by atoms with van der Waals surface area (Å²) in [4.78, 5) is 0. The van der Waals surface area contributed by atoms with E-state index >= 15 is 0 Å². The summed E-state index contributed by atoms with van der Waals surface area (Å²) in [5.74, 6) is 0. The molecule has 1 unspecified atom stereocenters. The molecule has 0 aromatic rings. The van der Waals surface area contributed by atoms with Crippen LogP contribution >= 0.6 is 0 Å². The maximum absolute atomic E-state index is 6.48. The third-order valence-electron chi connectivity index (χ3n) is 3.66. The minimum absolute atomic E-state index is 0. The van der Waals surface area contributed by atoms with Gasteiger partial charge < -0.3 is 23.8 Å². The Morgan fingerprint density at radius 3 is 1.39 bits per heavy atom. The molecule has 0 saturated carbocycles. The zero-order valence-electron chi connectivity index (χ0n) is 16.7. The minimum atomic E-state index is -2.69. The Morgan fingerprint density at radius 2 is 1.07 bits per heavy atom. The lowest BCUT2D eigenvalue weighted by molar-refractivity contribution is 0.334. The molecule has 0 aromatic carbocycles. The molecule has 0 saturated heterocycles. The Balaban J connectivity index is -0.000000264. The Morgan fingerprint density at radius 1 is 0.714 bits per heavy atom. The predicted octanol–water partition coefficient (Wildman–Crippen LogP) is 5.88. The third kappa shape index (κ3) is 17.1. The Hall–Kier alpha value is 0.228. The average Bonchev–Trinajstić information content (AvgIpc) is 2.40. The highest BCUT2D eigenvalue weighted by Crippen LogP contribution is 2.26. The number of hydrogen-bond acceptors (Lipinski definition) is 5. The van der Waals surface area contributed by atoms with Gasteiger partial charge in [-0.15, -0.1) is 6.42 Å². The molecule has 0 aliphatic carbocycles. The maximum Gasteiger partial charge on any atom is 0.401 e. The van der Waals surface area contributed by atoms with Gasteiger partial charge in [-0.2, -0.15) is 0 Å². The Kier molecular flexibility index (Phi) is 22.1. The highest BCUT2D eigenvalue weighted by atomic mass is 28.5. The van der Waals surface area contributed by atoms with Crippen molar-refractivity contribution in [2.45, 2.75) is 100 Å². The fourth-order valence-corrected chi connectivity index (χ4v) is 20.7. The van der Waals surface area contributed by atoms with Crippen LogP contribution < -0.4 is 11.5 Å². The highest BCUT2D eigenvalue weighted by molar-refractivity contribution is 6.92. The van der Waals surface area contributed by atoms with E-state index in [4.69, 9.17) is 30.2 Å². The third-order valence-corrected chi connectivity index (χ3v) is 18.8. The molecule has 0 amide bonds. The van der Waals surface area contributed by atoms with Crippen molar-refractivity contribution in [2.24, 2.45) is 11.5 Å². The van der Waals surface area contributed by atoms with Crippen LogP contribution in [0, 0.1) is 12.0 Å². The molecule has 0 aliphatic rings. The molecule has 0 aliphatic heterocycles. The Labute approximate surface area is 184 Å². The van der Waals surface area contributed by atoms with Crippen molar-refractivity contribution in [2.75, 3.05) is 13.1 Å². The van der Waals surface area contributed by atoms with E-state index in [9.17, 15) is 0 Å². The van der Waals surface area contributed by atoms with Crippen LogP contribution in [0.25, 0.3) is 0 Å². The molecule has 0 bridgehead atoms. The quantitative estimate of drug-likeness (QED) is 0.274. The molecule has 9 heteroatoms. The number of hydrogen-bond donors (Lipinski definition) is 2. The van der Waals surface area contributed by atoms with Crippen LogP contribution in [0.15, 0.2) is 0 Å². The molecule has 0 radical (unpaired) electrons. The second-order valence-corrected chi connectivity index (χ2v) is 23.6. The molecule has 5 nitrogen and oxygen atoms in total. The molecule has 0 rings (SSSR count). The van der Waals surface area contributed by atoms with Gasteiger partial charge in [0.25, 0.3) is 0 Å². The molecule has 28 heavy (non-hydrogen) atoms. The fraction of sp³-hybridized carbons (Fsp3) is 0.895. The monoisotopic (exact) mass is 472 g/mol. The topological polar surface area (TPSA) is 79.7 Å². The Bertz CT molecular complexity index is 436. The number of rotatable bonds is 12. The first-order chi connectivity index (χ1) is 10.8. The lowest BCUT2D eigenvalue weighted by Gasteiger charge is -2.40. The summed E-state index contributed by atoms with van der Waals surface area (Å²) in [6.45, 7) is 16.3. The van der Waals surface area contributed by atoms with Gasteiger partial charge in [0.2, 0.25) is 0 Å². The van der Waals surface area contributed by atoms with E-state index in [2.05, 4.69) is 44.8 Å². The second kappa shape index (κ2) is 16.0. The van der Waals surface area contributed by atoms with Gasteiger partial charge in [0.15, 0.2) is 16.6 Å². The molecule has 0 fully saturated rings. The molecular weight excluding hydrogens is 417 g/mol. The first-order valence-corrected chi connectivity index (χ1v) is 20.2. The fourth-order valence-electron chi connectivity index (χ4n) is 2.92. The van der Waals surface area contributed by atoms with Crippen molar-refractivity contribution >= 4 is 33.8 Å². The average molecular weight is 473 g/mol. The van der Waals surface area contributed by atoms with E-state index in [0.29, 0.717) is 13.1 Å². The first-order valence-electron chi connectivity index (χ1n) is 8.79. The van der Waals surface area contributed by atoms with Crippen molar-refractivity contribution in [3.05, 3.63) is 0 Å². The van der Waals surface area contributed by atoms with Crippen LogP contribution in [0.4, 0.5) is 0 Å². The summed E-state index contributed by atoms with van der Waals surface area (Å²) in [5, 5.41) is 0. The second-order valence-electron chi connectivity index (χ2n) is 8.10. The normalized spacial score (nSPS) is 13.6. The van der Waals surface area contributed by atoms with Crippen molar-refractivity contribution in [3.8, 4) is 12.0 Å². The summed E-state index contributed by atoms with van der Waals surface area (Å²) in [7, 11) is -8.74. The van der Waals surface area contributed by atoms with E-state index in [1.54, 1.807) is 0 Å². The van der Waals surface area contributed by atoms with Gasteiger partial charge in [-0.25, -0.2) is 0 Å². The van der Waals surface area contributed by atoms with Gasteiger partial charge in [-0.3, -0.25) is 0 Å². The highest BCUT2D eigenvalue weighted by Gasteiger charge is 2.45. The van der Waals surface area contributed by atoms with Gasteiger partial charge in [-0.1, -0.05) is 35.3 Å². The van der Waals surface area contributed by atoms with Crippen LogP contribution in [-0.4, -0.2) is 46.8 Å². The number of nitrogens with two attached hydrogens (primary N) is 2. The molecule has 0 heterocycles. The summed E-state index contributed by atoms with van der Waals surface area (Å²) >= 11 is 0. The molecule has 0 spiro atoms. The van der Waals surface area contributed by atoms with Crippen molar-refractivity contribution in [1.82, 2.24) is 0 Å². The van der Waals surface area contributed by atoms with Gasteiger partial charge in [0.1, 0.15) is 0 Å². The van der Waals surface area contributed by atoms with Crippen LogP contribution in [0.5, 0.6) is 0 Å². The van der Waals surface area contributed by atoms with Crippen LogP contribution in [0.2, 0.25) is 57.9 Å². The van der Waals surface area contributed by atoms with Gasteiger partial charge in [-0.05, 0) is 83.8 Å². The zero-order valence-corrected chi connectivity index (χ0v) is 20.7. The van der Waals surface area contributed by atoms with E-state index in [0.717, 1.165) is 24.9 Å². The summed E-state index contributed by atoms with van der Waals surface area (Å²) < 4.78 is 19.3. The maximum atomic E-state index is 6.48. The van der Waals surface area contributed by atoms with Gasteiger partial charge in [0, 0.05) is 1.43 Å². The van der Waals surface area contributed by atoms with Crippen molar-refractivity contribution in [3.63, 3.8) is 0 Å². The molecule has 4 N–H and O–H groups in total. The van der Waals surface area contributed by atoms with E-state index < -0.39 is 33.8 Å². The summed E-state index contributed by atoms with van der Waals surface area (Å²) in [5.41, 5.74) is 14.1. The van der Waals surface area contributed by atoms with Crippen molar-refractivity contribution in [1.29, 1.82) is 0 Å². The lowest BCUT2D eigenvalue weighted by Crippen LogP contribution is -2.57. The van der Waals surface area contributed by atoms with Gasteiger partial charge in [0.05, 0.1) is 0 Å². The molecular formula is C19H56N2O3Si4. The standard InChI is InChI=1S/C15H38N2O3Si4.4CH4.H2/c1-9-24(8,19-22(4,5)15-11-13-17)20-23(6,7)18-21(2,3)14-10-12-16;;;;;/h1H,10-17H2,2-8H3;4*1H4;1H. The zero-order chi connectivity index (χ0) is 19.1.